The normalized spacial score (nSPS) is 11.7. The highest BCUT2D eigenvalue weighted by Crippen LogP contribution is 2.48. The van der Waals surface area contributed by atoms with E-state index in [0.717, 1.165) is 72.5 Å². The first-order valence-electron chi connectivity index (χ1n) is 22.3. The zero-order valence-electron chi connectivity index (χ0n) is 35.4. The molecule has 0 N–H and O–H groups in total. The molecule has 13 aromatic rings. The van der Waals surface area contributed by atoms with Gasteiger partial charge in [-0.2, -0.15) is 0 Å². The van der Waals surface area contributed by atoms with Gasteiger partial charge < -0.3 is 13.9 Å². The number of para-hydroxylation sites is 7. The fourth-order valence-electron chi connectivity index (χ4n) is 10.2. The smallest absolute Gasteiger partial charge is 0.143 e. The van der Waals surface area contributed by atoms with Crippen molar-refractivity contribution >= 4 is 82.4 Å². The van der Waals surface area contributed by atoms with E-state index in [1.807, 2.05) is 6.07 Å². The maximum Gasteiger partial charge on any atom is 0.143 e. The van der Waals surface area contributed by atoms with Gasteiger partial charge in [0.05, 0.1) is 28.1 Å². The van der Waals surface area contributed by atoms with E-state index in [2.05, 4.69) is 246 Å². The molecule has 304 valence electrons. The number of nitrogens with zero attached hydrogens (tertiary/aromatic N) is 2. The van der Waals surface area contributed by atoms with Crippen molar-refractivity contribution in [3.63, 3.8) is 0 Å². The first kappa shape index (κ1) is 36.9. The van der Waals surface area contributed by atoms with Gasteiger partial charge in [-0.25, -0.2) is 0 Å². The molecule has 3 nitrogen and oxygen atoms in total. The Balaban J connectivity index is 1.02. The largest absolute Gasteiger partial charge is 0.455 e. The van der Waals surface area contributed by atoms with E-state index >= 15 is 0 Å². The number of benzene rings is 11. The fraction of sp³-hybridized carbons (Fsp3) is 0. The summed E-state index contributed by atoms with van der Waals surface area (Å²) in [6, 6.07) is 87.8. The Kier molecular flexibility index (Phi) is 8.53. The molecule has 11 aromatic carbocycles. The minimum absolute atomic E-state index is 0.880. The average Bonchev–Trinajstić information content (AvgIpc) is 3.93. The Bertz CT molecular complexity index is 3910. The summed E-state index contributed by atoms with van der Waals surface area (Å²) in [4.78, 5) is 2.44. The number of fused-ring (bicyclic) bond motifs is 9. The lowest BCUT2D eigenvalue weighted by Gasteiger charge is -2.30. The molecule has 0 aliphatic rings. The Morgan fingerprint density at radius 2 is 0.846 bits per heavy atom. The van der Waals surface area contributed by atoms with Gasteiger partial charge in [-0.1, -0.05) is 188 Å². The molecule has 0 saturated carbocycles. The van der Waals surface area contributed by atoms with Crippen LogP contribution in [0.5, 0.6) is 0 Å². The first-order chi connectivity index (χ1) is 32.3. The predicted octanol–water partition coefficient (Wildman–Crippen LogP) is 17.5. The SMILES string of the molecule is c1ccc(N(c2ccc(-c3ccc4c(ccc5ccccc54)c3)cc2)c2ccccc2-c2cccc3c2oc2ccccc23)c(-c2ccccc2-n2c3ccccc3c3ccccc32)c1. The quantitative estimate of drug-likeness (QED) is 0.149. The van der Waals surface area contributed by atoms with Gasteiger partial charge in [-0.3, -0.25) is 0 Å². The third-order valence-electron chi connectivity index (χ3n) is 13.2. The maximum absolute atomic E-state index is 6.70. The van der Waals surface area contributed by atoms with Crippen LogP contribution in [0.2, 0.25) is 0 Å². The van der Waals surface area contributed by atoms with Gasteiger partial charge in [-0.05, 0) is 87.3 Å². The summed E-state index contributed by atoms with van der Waals surface area (Å²) in [5, 5.41) is 9.73. The molecule has 0 radical (unpaired) electrons. The van der Waals surface area contributed by atoms with Crippen LogP contribution in [-0.4, -0.2) is 4.57 Å². The van der Waals surface area contributed by atoms with Gasteiger partial charge in [0, 0.05) is 49.5 Å². The molecule has 13 rings (SSSR count). The highest BCUT2D eigenvalue weighted by molar-refractivity contribution is 6.12. The van der Waals surface area contributed by atoms with Crippen LogP contribution in [0.25, 0.3) is 104 Å². The summed E-state index contributed by atoms with van der Waals surface area (Å²) in [7, 11) is 0. The van der Waals surface area contributed by atoms with E-state index in [9.17, 15) is 0 Å². The predicted molar refractivity (Wildman–Crippen MR) is 274 cm³/mol. The lowest BCUT2D eigenvalue weighted by atomic mass is 9.96. The molecule has 0 saturated heterocycles. The van der Waals surface area contributed by atoms with Crippen LogP contribution in [0.3, 0.4) is 0 Å². The summed E-state index contributed by atoms with van der Waals surface area (Å²) in [6.07, 6.45) is 0. The van der Waals surface area contributed by atoms with Gasteiger partial charge in [0.1, 0.15) is 11.2 Å². The molecule has 0 bridgehead atoms. The van der Waals surface area contributed by atoms with Crippen LogP contribution in [0.4, 0.5) is 17.1 Å². The van der Waals surface area contributed by atoms with E-state index in [4.69, 9.17) is 4.42 Å². The average molecular weight is 829 g/mol. The summed E-state index contributed by atoms with van der Waals surface area (Å²) in [5.41, 5.74) is 15.1. The van der Waals surface area contributed by atoms with Crippen molar-refractivity contribution in [3.05, 3.63) is 243 Å². The van der Waals surface area contributed by atoms with Crippen molar-refractivity contribution in [2.24, 2.45) is 0 Å². The number of furan rings is 1. The maximum atomic E-state index is 6.70. The van der Waals surface area contributed by atoms with Crippen molar-refractivity contribution < 1.29 is 4.42 Å². The van der Waals surface area contributed by atoms with Crippen molar-refractivity contribution in [1.82, 2.24) is 4.57 Å². The van der Waals surface area contributed by atoms with E-state index in [0.29, 0.717) is 0 Å². The number of aromatic nitrogens is 1. The zero-order chi connectivity index (χ0) is 42.8. The molecule has 0 atom stereocenters. The van der Waals surface area contributed by atoms with E-state index < -0.39 is 0 Å². The van der Waals surface area contributed by atoms with E-state index in [1.165, 1.54) is 48.9 Å². The minimum Gasteiger partial charge on any atom is -0.455 e. The Morgan fingerprint density at radius 3 is 1.60 bits per heavy atom. The summed E-state index contributed by atoms with van der Waals surface area (Å²) >= 11 is 0. The summed E-state index contributed by atoms with van der Waals surface area (Å²) in [5.74, 6) is 0. The van der Waals surface area contributed by atoms with E-state index in [1.54, 1.807) is 0 Å². The topological polar surface area (TPSA) is 21.3 Å². The molecular weight excluding hydrogens is 789 g/mol. The molecule has 0 spiro atoms. The lowest BCUT2D eigenvalue weighted by molar-refractivity contribution is 0.670. The standard InChI is InChI=1S/C62H40N2O/c1-2-17-46-42(16-1)32-33-44-40-43(36-39-47(44)46)41-34-37-45(38-35-41)63(57-27-10-7-22-52(57)54-24-15-25-55-53-23-8-14-31-61(53)65-62(54)55)56-26-9-3-18-48(56)49-19-4-11-28-58(49)64-59-29-12-5-20-50(59)51-21-6-13-30-60(51)64/h1-40H. The number of hydrogen-bond acceptors (Lipinski definition) is 2. The second-order valence-corrected chi connectivity index (χ2v) is 16.8. The molecule has 0 aliphatic carbocycles. The van der Waals surface area contributed by atoms with E-state index in [-0.39, 0.29) is 0 Å². The molecule has 2 aromatic heterocycles. The molecule has 65 heavy (non-hydrogen) atoms. The van der Waals surface area contributed by atoms with Crippen LogP contribution >= 0.6 is 0 Å². The monoisotopic (exact) mass is 828 g/mol. The van der Waals surface area contributed by atoms with Crippen LogP contribution < -0.4 is 4.90 Å². The second kappa shape index (κ2) is 15.0. The number of anilines is 3. The zero-order valence-corrected chi connectivity index (χ0v) is 35.4. The van der Waals surface area contributed by atoms with Crippen LogP contribution in [0.15, 0.2) is 247 Å². The van der Waals surface area contributed by atoms with Crippen LogP contribution in [0.1, 0.15) is 0 Å². The van der Waals surface area contributed by atoms with Crippen LogP contribution in [0, 0.1) is 0 Å². The fourth-order valence-corrected chi connectivity index (χ4v) is 10.2. The Hall–Kier alpha value is -8.66. The Labute approximate surface area is 376 Å². The number of hydrogen-bond donors (Lipinski definition) is 0. The minimum atomic E-state index is 0.880. The molecule has 0 amide bonds. The highest BCUT2D eigenvalue weighted by Gasteiger charge is 2.24. The molecule has 0 fully saturated rings. The van der Waals surface area contributed by atoms with Crippen molar-refractivity contribution in [1.29, 1.82) is 0 Å². The van der Waals surface area contributed by atoms with Gasteiger partial charge >= 0.3 is 0 Å². The molecule has 0 unspecified atom stereocenters. The highest BCUT2D eigenvalue weighted by atomic mass is 16.3. The third-order valence-corrected chi connectivity index (χ3v) is 13.2. The van der Waals surface area contributed by atoms with Gasteiger partial charge in [0.15, 0.2) is 0 Å². The lowest BCUT2D eigenvalue weighted by Crippen LogP contribution is -2.13. The first-order valence-corrected chi connectivity index (χ1v) is 22.3. The number of rotatable bonds is 7. The Morgan fingerprint density at radius 1 is 0.323 bits per heavy atom. The molecule has 2 heterocycles. The van der Waals surface area contributed by atoms with Crippen molar-refractivity contribution in [2.45, 2.75) is 0 Å². The molecule has 0 aliphatic heterocycles. The third kappa shape index (κ3) is 5.97. The van der Waals surface area contributed by atoms with Gasteiger partial charge in [0.2, 0.25) is 0 Å². The van der Waals surface area contributed by atoms with Gasteiger partial charge in [-0.15, -0.1) is 0 Å². The van der Waals surface area contributed by atoms with Crippen LogP contribution in [-0.2, 0) is 0 Å². The summed E-state index contributed by atoms with van der Waals surface area (Å²) in [6.45, 7) is 0. The molecular formula is C62H40N2O. The van der Waals surface area contributed by atoms with Gasteiger partial charge in [0.25, 0.3) is 0 Å². The summed E-state index contributed by atoms with van der Waals surface area (Å²) < 4.78 is 9.13. The molecule has 3 heteroatoms. The van der Waals surface area contributed by atoms with Crippen molar-refractivity contribution in [2.75, 3.05) is 4.90 Å². The van der Waals surface area contributed by atoms with Crippen molar-refractivity contribution in [3.8, 4) is 39.1 Å². The second-order valence-electron chi connectivity index (χ2n) is 16.8.